The summed E-state index contributed by atoms with van der Waals surface area (Å²) in [7, 11) is 0. The summed E-state index contributed by atoms with van der Waals surface area (Å²) in [5, 5.41) is 0.603. The first-order valence-corrected chi connectivity index (χ1v) is 9.59. The van der Waals surface area contributed by atoms with Gasteiger partial charge in [-0.15, -0.1) is 11.3 Å². The van der Waals surface area contributed by atoms with Crippen LogP contribution in [0.3, 0.4) is 0 Å². The molecule has 4 nitrogen and oxygen atoms in total. The zero-order chi connectivity index (χ0) is 18.4. The number of hydrogen-bond donors (Lipinski definition) is 1. The van der Waals surface area contributed by atoms with Crippen LogP contribution in [0.4, 0.5) is 5.13 Å². The summed E-state index contributed by atoms with van der Waals surface area (Å²) in [5.41, 5.74) is 8.95. The Morgan fingerprint density at radius 1 is 0.923 bits per heavy atom. The summed E-state index contributed by atoms with van der Waals surface area (Å²) in [6.45, 7) is 5.48. The molecule has 1 heterocycles. The molecule has 0 spiro atoms. The second-order valence-electron chi connectivity index (χ2n) is 6.15. The Balaban J connectivity index is 1.40. The van der Waals surface area contributed by atoms with Crippen LogP contribution in [0.1, 0.15) is 23.3 Å². The number of thiazole rings is 1. The van der Waals surface area contributed by atoms with Crippen molar-refractivity contribution in [3.63, 3.8) is 0 Å². The highest BCUT2D eigenvalue weighted by molar-refractivity contribution is 7.15. The molecule has 0 bridgehead atoms. The summed E-state index contributed by atoms with van der Waals surface area (Å²) >= 11 is 1.51. The van der Waals surface area contributed by atoms with Crippen molar-refractivity contribution in [1.29, 1.82) is 0 Å². The normalized spacial score (nSPS) is 10.7. The van der Waals surface area contributed by atoms with E-state index in [0.29, 0.717) is 18.3 Å². The van der Waals surface area contributed by atoms with Gasteiger partial charge in [0.1, 0.15) is 11.5 Å². The predicted molar refractivity (Wildman–Crippen MR) is 108 cm³/mol. The number of hydrogen-bond acceptors (Lipinski definition) is 5. The summed E-state index contributed by atoms with van der Waals surface area (Å²) in [6, 6.07) is 16.1. The smallest absolute Gasteiger partial charge is 0.180 e. The van der Waals surface area contributed by atoms with Gasteiger partial charge in [0.15, 0.2) is 5.13 Å². The summed E-state index contributed by atoms with van der Waals surface area (Å²) < 4.78 is 11.6. The first-order chi connectivity index (χ1) is 12.6. The third-order valence-corrected chi connectivity index (χ3v) is 4.90. The molecular weight excluding hydrogens is 344 g/mol. The topological polar surface area (TPSA) is 57.4 Å². The van der Waals surface area contributed by atoms with Gasteiger partial charge >= 0.3 is 0 Å². The maximum absolute atomic E-state index is 5.81. The van der Waals surface area contributed by atoms with E-state index in [1.54, 1.807) is 0 Å². The number of nitrogen functional groups attached to an aromatic ring is 1. The van der Waals surface area contributed by atoms with Crippen LogP contribution in [-0.4, -0.2) is 18.2 Å². The zero-order valence-electron chi connectivity index (χ0n) is 15.2. The molecule has 136 valence electrons. The highest BCUT2D eigenvalue weighted by atomic mass is 32.1. The summed E-state index contributed by atoms with van der Waals surface area (Å²) in [4.78, 5) is 5.51. The van der Waals surface area contributed by atoms with Crippen LogP contribution in [0.5, 0.6) is 11.5 Å². The summed E-state index contributed by atoms with van der Waals surface area (Å²) in [6.07, 6.45) is 1.92. The van der Waals surface area contributed by atoms with Crippen molar-refractivity contribution in [3.05, 3.63) is 59.0 Å². The van der Waals surface area contributed by atoms with Gasteiger partial charge in [0.25, 0.3) is 0 Å². The average Bonchev–Trinajstić information content (AvgIpc) is 2.98. The van der Waals surface area contributed by atoms with Gasteiger partial charge in [-0.1, -0.05) is 18.2 Å². The molecule has 2 N–H and O–H groups in total. The van der Waals surface area contributed by atoms with Crippen LogP contribution in [0.15, 0.2) is 48.5 Å². The fraction of sp³-hybridized carbons (Fsp3) is 0.286. The number of rotatable bonds is 8. The first-order valence-electron chi connectivity index (χ1n) is 8.78. The van der Waals surface area contributed by atoms with E-state index in [-0.39, 0.29) is 0 Å². The zero-order valence-corrected chi connectivity index (χ0v) is 16.0. The molecule has 0 aliphatic heterocycles. The molecule has 2 aromatic carbocycles. The van der Waals surface area contributed by atoms with Crippen molar-refractivity contribution in [2.24, 2.45) is 0 Å². The van der Waals surface area contributed by atoms with Gasteiger partial charge in [0, 0.05) is 10.4 Å². The van der Waals surface area contributed by atoms with E-state index in [2.05, 4.69) is 18.0 Å². The number of aromatic nitrogens is 1. The number of nitrogens with two attached hydrogens (primary N) is 1. The van der Waals surface area contributed by atoms with E-state index in [0.717, 1.165) is 40.5 Å². The number of para-hydroxylation sites is 1. The molecular formula is C21H24N2O2S. The molecule has 1 aromatic heterocycles. The standard InChI is InChI=1S/C21H24N2O2S/c1-15-7-3-4-8-19(15)25-14-6-5-13-24-18-11-9-17(10-12-18)20-16(2)26-21(22)23-20/h3-4,7-12H,5-6,13-14H2,1-2H3,(H2,22,23). The molecule has 0 fully saturated rings. The number of unbranched alkanes of at least 4 members (excludes halogenated alkanes) is 1. The van der Waals surface area contributed by atoms with Gasteiger partial charge < -0.3 is 15.2 Å². The highest BCUT2D eigenvalue weighted by Gasteiger charge is 2.08. The molecule has 3 rings (SSSR count). The molecule has 0 atom stereocenters. The van der Waals surface area contributed by atoms with Crippen LogP contribution in [-0.2, 0) is 0 Å². The van der Waals surface area contributed by atoms with Crippen LogP contribution >= 0.6 is 11.3 Å². The molecule has 0 radical (unpaired) electrons. The van der Waals surface area contributed by atoms with Crippen molar-refractivity contribution >= 4 is 16.5 Å². The Hall–Kier alpha value is -2.53. The van der Waals surface area contributed by atoms with E-state index in [1.165, 1.54) is 16.9 Å². The van der Waals surface area contributed by atoms with Gasteiger partial charge in [-0.05, 0) is 62.6 Å². The highest BCUT2D eigenvalue weighted by Crippen LogP contribution is 2.29. The van der Waals surface area contributed by atoms with E-state index in [1.807, 2.05) is 49.4 Å². The predicted octanol–water partition coefficient (Wildman–Crippen LogP) is 5.25. The fourth-order valence-electron chi connectivity index (χ4n) is 2.69. The minimum atomic E-state index is 0.603. The second-order valence-corrected chi connectivity index (χ2v) is 7.39. The lowest BCUT2D eigenvalue weighted by atomic mass is 10.1. The van der Waals surface area contributed by atoms with E-state index >= 15 is 0 Å². The van der Waals surface area contributed by atoms with Crippen molar-refractivity contribution in [3.8, 4) is 22.8 Å². The van der Waals surface area contributed by atoms with Crippen molar-refractivity contribution < 1.29 is 9.47 Å². The Kier molecular flexibility index (Phi) is 6.12. The van der Waals surface area contributed by atoms with Gasteiger partial charge in [0.2, 0.25) is 0 Å². The Morgan fingerprint density at radius 2 is 1.62 bits per heavy atom. The average molecular weight is 369 g/mol. The lowest BCUT2D eigenvalue weighted by Crippen LogP contribution is -2.03. The first kappa shape index (κ1) is 18.3. The molecule has 26 heavy (non-hydrogen) atoms. The minimum Gasteiger partial charge on any atom is -0.494 e. The largest absolute Gasteiger partial charge is 0.494 e. The van der Waals surface area contributed by atoms with Gasteiger partial charge in [0.05, 0.1) is 18.9 Å². The monoisotopic (exact) mass is 368 g/mol. The third-order valence-electron chi connectivity index (χ3n) is 4.10. The lowest BCUT2D eigenvalue weighted by Gasteiger charge is -2.09. The van der Waals surface area contributed by atoms with Crippen LogP contribution in [0.25, 0.3) is 11.3 Å². The molecule has 0 aliphatic rings. The quantitative estimate of drug-likeness (QED) is 0.552. The fourth-order valence-corrected chi connectivity index (χ4v) is 3.40. The van der Waals surface area contributed by atoms with Gasteiger partial charge in [-0.3, -0.25) is 0 Å². The van der Waals surface area contributed by atoms with Crippen molar-refractivity contribution in [2.45, 2.75) is 26.7 Å². The van der Waals surface area contributed by atoms with Gasteiger partial charge in [-0.25, -0.2) is 4.98 Å². The number of aryl methyl sites for hydroxylation is 2. The van der Waals surface area contributed by atoms with Crippen LogP contribution < -0.4 is 15.2 Å². The molecule has 0 saturated carbocycles. The Bertz CT molecular complexity index is 843. The van der Waals surface area contributed by atoms with Crippen LogP contribution in [0.2, 0.25) is 0 Å². The number of nitrogens with zero attached hydrogens (tertiary/aromatic N) is 1. The maximum Gasteiger partial charge on any atom is 0.180 e. The molecule has 0 amide bonds. The number of anilines is 1. The van der Waals surface area contributed by atoms with E-state index in [9.17, 15) is 0 Å². The number of ether oxygens (including phenoxy) is 2. The van der Waals surface area contributed by atoms with Crippen molar-refractivity contribution in [2.75, 3.05) is 18.9 Å². The molecule has 0 unspecified atom stereocenters. The van der Waals surface area contributed by atoms with Gasteiger partial charge in [-0.2, -0.15) is 0 Å². The second kappa shape index (κ2) is 8.72. The third kappa shape index (κ3) is 4.76. The number of benzene rings is 2. The van der Waals surface area contributed by atoms with E-state index in [4.69, 9.17) is 15.2 Å². The molecule has 0 saturated heterocycles. The molecule has 0 aliphatic carbocycles. The maximum atomic E-state index is 5.81. The SMILES string of the molecule is Cc1ccccc1OCCCCOc1ccc(-c2nc(N)sc2C)cc1. The lowest BCUT2D eigenvalue weighted by molar-refractivity contribution is 0.265. The van der Waals surface area contributed by atoms with Crippen molar-refractivity contribution in [1.82, 2.24) is 4.98 Å². The Labute approximate surface area is 158 Å². The summed E-state index contributed by atoms with van der Waals surface area (Å²) in [5.74, 6) is 1.83. The minimum absolute atomic E-state index is 0.603. The molecule has 3 aromatic rings. The molecule has 5 heteroatoms. The van der Waals surface area contributed by atoms with E-state index < -0.39 is 0 Å². The Morgan fingerprint density at radius 3 is 2.27 bits per heavy atom. The van der Waals surface area contributed by atoms with Crippen LogP contribution in [0, 0.1) is 13.8 Å².